The number of carbonyl (C=O) groups excluding carboxylic acids is 1. The maximum Gasteiger partial charge on any atom is 0.338 e. The summed E-state index contributed by atoms with van der Waals surface area (Å²) < 4.78 is 0. The first-order valence-electron chi connectivity index (χ1n) is 5.73. The summed E-state index contributed by atoms with van der Waals surface area (Å²) in [4.78, 5) is 22.8. The van der Waals surface area contributed by atoms with Crippen LogP contribution in [0.15, 0.2) is 23.6 Å². The Labute approximate surface area is 134 Å². The first-order valence-corrected chi connectivity index (χ1v) is 7.36. The molecule has 3 N–H and O–H groups in total. The lowest BCUT2D eigenvalue weighted by atomic mass is 10.2. The second kappa shape index (κ2) is 6.34. The van der Waals surface area contributed by atoms with Crippen molar-refractivity contribution in [2.45, 2.75) is 6.92 Å². The van der Waals surface area contributed by atoms with Crippen molar-refractivity contribution in [1.82, 2.24) is 0 Å². The minimum Gasteiger partial charge on any atom is -0.478 e. The zero-order valence-corrected chi connectivity index (χ0v) is 13.1. The Kier molecular flexibility index (Phi) is 4.72. The number of aromatic carboxylic acids is 1. The van der Waals surface area contributed by atoms with Gasteiger partial charge in [-0.05, 0) is 36.1 Å². The van der Waals surface area contributed by atoms with Gasteiger partial charge in [0.2, 0.25) is 0 Å². The summed E-state index contributed by atoms with van der Waals surface area (Å²) in [7, 11) is 0. The topological polar surface area (TPSA) is 78.4 Å². The van der Waals surface area contributed by atoms with Gasteiger partial charge >= 0.3 is 12.0 Å². The fourth-order valence-electron chi connectivity index (χ4n) is 1.57. The molecule has 0 unspecified atom stereocenters. The van der Waals surface area contributed by atoms with Gasteiger partial charge in [0.25, 0.3) is 0 Å². The number of carbonyl (C=O) groups is 2. The van der Waals surface area contributed by atoms with E-state index in [1.165, 1.54) is 12.1 Å². The van der Waals surface area contributed by atoms with Crippen molar-refractivity contribution in [2.75, 3.05) is 10.6 Å². The van der Waals surface area contributed by atoms with Crippen molar-refractivity contribution in [1.29, 1.82) is 0 Å². The number of rotatable bonds is 3. The average molecular weight is 345 g/mol. The van der Waals surface area contributed by atoms with E-state index in [0.29, 0.717) is 15.7 Å². The van der Waals surface area contributed by atoms with Crippen LogP contribution in [0, 0.1) is 6.92 Å². The predicted octanol–water partition coefficient (Wildman–Crippen LogP) is 4.71. The highest BCUT2D eigenvalue weighted by Crippen LogP contribution is 2.29. The van der Waals surface area contributed by atoms with Crippen LogP contribution in [0.2, 0.25) is 10.0 Å². The van der Waals surface area contributed by atoms with Crippen molar-refractivity contribution in [3.05, 3.63) is 44.8 Å². The fourth-order valence-corrected chi connectivity index (χ4v) is 2.78. The first kappa shape index (κ1) is 15.6. The monoisotopic (exact) mass is 344 g/mol. The highest BCUT2D eigenvalue weighted by molar-refractivity contribution is 7.14. The van der Waals surface area contributed by atoms with Gasteiger partial charge in [0.1, 0.15) is 5.00 Å². The van der Waals surface area contributed by atoms with Gasteiger partial charge in [-0.3, -0.25) is 5.32 Å². The van der Waals surface area contributed by atoms with Gasteiger partial charge in [0.15, 0.2) is 0 Å². The van der Waals surface area contributed by atoms with Gasteiger partial charge in [-0.25, -0.2) is 9.59 Å². The third-order valence-corrected chi connectivity index (χ3v) is 4.17. The quantitative estimate of drug-likeness (QED) is 0.754. The van der Waals surface area contributed by atoms with E-state index < -0.39 is 12.0 Å². The maximum absolute atomic E-state index is 11.9. The lowest BCUT2D eigenvalue weighted by Gasteiger charge is -2.10. The maximum atomic E-state index is 11.9. The largest absolute Gasteiger partial charge is 0.478 e. The summed E-state index contributed by atoms with van der Waals surface area (Å²) in [5.74, 6) is -1.11. The van der Waals surface area contributed by atoms with Crippen LogP contribution in [0.5, 0.6) is 0 Å². The normalized spacial score (nSPS) is 10.2. The molecule has 0 saturated carbocycles. The molecule has 0 aliphatic rings. The van der Waals surface area contributed by atoms with Crippen LogP contribution in [-0.2, 0) is 0 Å². The Morgan fingerprint density at radius 3 is 2.57 bits per heavy atom. The molecule has 0 fully saturated rings. The number of nitrogens with one attached hydrogen (secondary N) is 2. The van der Waals surface area contributed by atoms with E-state index in [1.807, 2.05) is 0 Å². The lowest BCUT2D eigenvalue weighted by molar-refractivity contribution is 0.0698. The molecule has 0 aliphatic heterocycles. The number of hydrogen-bond acceptors (Lipinski definition) is 3. The lowest BCUT2D eigenvalue weighted by Crippen LogP contribution is -2.20. The van der Waals surface area contributed by atoms with Gasteiger partial charge < -0.3 is 10.4 Å². The van der Waals surface area contributed by atoms with Crippen molar-refractivity contribution in [3.63, 3.8) is 0 Å². The summed E-state index contributed by atoms with van der Waals surface area (Å²) in [6.45, 7) is 1.79. The summed E-state index contributed by atoms with van der Waals surface area (Å²) >= 11 is 13.1. The summed E-state index contributed by atoms with van der Waals surface area (Å²) in [5.41, 5.74) is 1.17. The minimum atomic E-state index is -1.11. The van der Waals surface area contributed by atoms with Gasteiger partial charge in [0, 0.05) is 5.02 Å². The van der Waals surface area contributed by atoms with Crippen LogP contribution in [0.1, 0.15) is 15.9 Å². The Morgan fingerprint density at radius 1 is 1.19 bits per heavy atom. The molecular weight excluding hydrogens is 335 g/mol. The molecule has 0 atom stereocenters. The highest BCUT2D eigenvalue weighted by atomic mass is 35.5. The van der Waals surface area contributed by atoms with E-state index in [9.17, 15) is 9.59 Å². The molecule has 0 spiro atoms. The SMILES string of the molecule is Cc1cc(Cl)c(NC(=O)Nc2sccc2C(=O)O)cc1Cl. The second-order valence-electron chi connectivity index (χ2n) is 4.13. The predicted molar refractivity (Wildman–Crippen MR) is 85.1 cm³/mol. The van der Waals surface area contributed by atoms with E-state index >= 15 is 0 Å². The standard InChI is InChI=1S/C13H10Cl2N2O3S/c1-6-4-9(15)10(5-8(6)14)16-13(20)17-11-7(12(18)19)2-3-21-11/h2-5H,1H3,(H,18,19)(H2,16,17,20). The number of aryl methyl sites for hydroxylation is 1. The number of halogens is 2. The number of thiophene rings is 1. The van der Waals surface area contributed by atoms with Crippen LogP contribution in [0.3, 0.4) is 0 Å². The van der Waals surface area contributed by atoms with E-state index in [4.69, 9.17) is 28.3 Å². The van der Waals surface area contributed by atoms with Crippen molar-refractivity contribution in [3.8, 4) is 0 Å². The van der Waals surface area contributed by atoms with Gasteiger partial charge in [-0.1, -0.05) is 23.2 Å². The number of carboxylic acids is 1. The summed E-state index contributed by atoms with van der Waals surface area (Å²) in [6, 6.07) is 3.98. The molecular formula is C13H10Cl2N2O3S. The molecule has 0 aliphatic carbocycles. The van der Waals surface area contributed by atoms with Crippen LogP contribution in [-0.4, -0.2) is 17.1 Å². The Hall–Kier alpha value is -1.76. The molecule has 0 radical (unpaired) electrons. The zero-order chi connectivity index (χ0) is 15.6. The van der Waals surface area contributed by atoms with Gasteiger partial charge in [0.05, 0.1) is 16.3 Å². The smallest absolute Gasteiger partial charge is 0.338 e. The molecule has 8 heteroatoms. The Morgan fingerprint density at radius 2 is 1.90 bits per heavy atom. The molecule has 5 nitrogen and oxygen atoms in total. The number of anilines is 2. The second-order valence-corrected chi connectivity index (χ2v) is 5.86. The van der Waals surface area contributed by atoms with E-state index in [1.54, 1.807) is 18.4 Å². The van der Waals surface area contributed by atoms with E-state index in [-0.39, 0.29) is 10.6 Å². The summed E-state index contributed by atoms with van der Waals surface area (Å²) in [6.07, 6.45) is 0. The molecule has 1 aromatic carbocycles. The first-order chi connectivity index (χ1) is 9.88. The average Bonchev–Trinajstić information content (AvgIpc) is 2.84. The van der Waals surface area contributed by atoms with Crippen LogP contribution >= 0.6 is 34.5 Å². The van der Waals surface area contributed by atoms with Crippen molar-refractivity contribution in [2.24, 2.45) is 0 Å². The van der Waals surface area contributed by atoms with Crippen molar-refractivity contribution >= 4 is 57.2 Å². The third-order valence-electron chi connectivity index (χ3n) is 2.62. The van der Waals surface area contributed by atoms with Crippen LogP contribution in [0.25, 0.3) is 0 Å². The third kappa shape index (κ3) is 3.66. The molecule has 0 bridgehead atoms. The van der Waals surface area contributed by atoms with Gasteiger partial charge in [-0.15, -0.1) is 11.3 Å². The Bertz CT molecular complexity index is 715. The number of amides is 2. The van der Waals surface area contributed by atoms with Gasteiger partial charge in [-0.2, -0.15) is 0 Å². The fraction of sp³-hybridized carbons (Fsp3) is 0.0769. The molecule has 110 valence electrons. The van der Waals surface area contributed by atoms with E-state index in [2.05, 4.69) is 10.6 Å². The Balaban J connectivity index is 2.14. The van der Waals surface area contributed by atoms with E-state index in [0.717, 1.165) is 16.9 Å². The summed E-state index contributed by atoms with van der Waals surface area (Å²) in [5, 5.41) is 16.6. The van der Waals surface area contributed by atoms with Crippen molar-refractivity contribution < 1.29 is 14.7 Å². The highest BCUT2D eigenvalue weighted by Gasteiger charge is 2.15. The number of benzene rings is 1. The zero-order valence-electron chi connectivity index (χ0n) is 10.7. The number of urea groups is 1. The molecule has 1 heterocycles. The molecule has 0 saturated heterocycles. The number of hydrogen-bond donors (Lipinski definition) is 3. The molecule has 2 aromatic rings. The van der Waals surface area contributed by atoms with Crippen LogP contribution in [0.4, 0.5) is 15.5 Å². The van der Waals surface area contributed by atoms with Crippen LogP contribution < -0.4 is 10.6 Å². The molecule has 2 amide bonds. The minimum absolute atomic E-state index is 0.0307. The molecule has 1 aromatic heterocycles. The molecule has 2 rings (SSSR count). The number of carboxylic acid groups (broad SMARTS) is 1. The molecule has 21 heavy (non-hydrogen) atoms.